The number of aliphatic hydroxyl groups excluding tert-OH is 1. The van der Waals surface area contributed by atoms with Gasteiger partial charge >= 0.3 is 0 Å². The van der Waals surface area contributed by atoms with Crippen LogP contribution in [0.25, 0.3) is 0 Å². The number of aliphatic hydroxyl groups is 1. The fraction of sp³-hybridized carbons (Fsp3) is 0.708. The van der Waals surface area contributed by atoms with Crippen LogP contribution in [0.3, 0.4) is 0 Å². The molecular weight excluding hydrogens is 395 g/mol. The minimum atomic E-state index is -0.209. The summed E-state index contributed by atoms with van der Waals surface area (Å²) in [7, 11) is 0. The van der Waals surface area contributed by atoms with Gasteiger partial charge in [-0.05, 0) is 49.3 Å². The number of halogens is 1. The van der Waals surface area contributed by atoms with Gasteiger partial charge in [-0.2, -0.15) is 0 Å². The summed E-state index contributed by atoms with van der Waals surface area (Å²) in [5.74, 6) is 0.583. The molecule has 1 aromatic rings. The predicted octanol–water partition coefficient (Wildman–Crippen LogP) is 3.09. The quantitative estimate of drug-likeness (QED) is 0.412. The molecule has 0 radical (unpaired) electrons. The normalized spacial score (nSPS) is 20.9. The topological polar surface area (TPSA) is 69.1 Å². The van der Waals surface area contributed by atoms with E-state index in [1.807, 2.05) is 6.07 Å². The lowest BCUT2D eigenvalue weighted by Gasteiger charge is -2.36. The number of nitrogens with zero attached hydrogens (tertiary/aromatic N) is 2. The molecule has 0 bridgehead atoms. The summed E-state index contributed by atoms with van der Waals surface area (Å²) in [6.45, 7) is 7.49. The van der Waals surface area contributed by atoms with Crippen LogP contribution in [-0.4, -0.2) is 68.5 Å². The molecule has 3 rings (SSSR count). The van der Waals surface area contributed by atoms with Crippen LogP contribution in [-0.2, 0) is 4.74 Å². The van der Waals surface area contributed by atoms with E-state index >= 15 is 0 Å². The lowest BCUT2D eigenvalue weighted by molar-refractivity contribution is 0.0169. The van der Waals surface area contributed by atoms with Crippen molar-refractivity contribution in [2.45, 2.75) is 51.5 Å². The highest BCUT2D eigenvalue weighted by molar-refractivity contribution is 5.79. The number of nitrogens with one attached hydrogen (secondary N) is 2. The van der Waals surface area contributed by atoms with Crippen molar-refractivity contribution in [3.8, 4) is 0 Å². The first kappa shape index (κ1) is 24.0. The number of morpholine rings is 1. The van der Waals surface area contributed by atoms with Gasteiger partial charge in [0.2, 0.25) is 0 Å². The first-order chi connectivity index (χ1) is 15.2. The van der Waals surface area contributed by atoms with Gasteiger partial charge in [0.05, 0.1) is 19.3 Å². The van der Waals surface area contributed by atoms with E-state index in [1.54, 1.807) is 12.1 Å². The van der Waals surface area contributed by atoms with E-state index in [4.69, 9.17) is 9.73 Å². The van der Waals surface area contributed by atoms with E-state index < -0.39 is 0 Å². The highest BCUT2D eigenvalue weighted by Gasteiger charge is 2.31. The maximum absolute atomic E-state index is 13.9. The van der Waals surface area contributed by atoms with Crippen LogP contribution in [0.4, 0.5) is 4.39 Å². The number of hydrogen-bond donors (Lipinski definition) is 3. The Morgan fingerprint density at radius 1 is 1.23 bits per heavy atom. The van der Waals surface area contributed by atoms with Gasteiger partial charge < -0.3 is 20.5 Å². The summed E-state index contributed by atoms with van der Waals surface area (Å²) in [4.78, 5) is 7.27. The molecule has 1 aliphatic carbocycles. The minimum absolute atomic E-state index is 0.0459. The second kappa shape index (κ2) is 12.4. The second-order valence-corrected chi connectivity index (χ2v) is 8.83. The Bertz CT molecular complexity index is 682. The molecule has 0 spiro atoms. The highest BCUT2D eigenvalue weighted by atomic mass is 19.1. The van der Waals surface area contributed by atoms with E-state index in [1.165, 1.54) is 25.3 Å². The lowest BCUT2D eigenvalue weighted by atomic mass is 9.72. The van der Waals surface area contributed by atoms with Crippen molar-refractivity contribution in [3.05, 3.63) is 35.6 Å². The van der Waals surface area contributed by atoms with Gasteiger partial charge in [0.1, 0.15) is 5.82 Å². The van der Waals surface area contributed by atoms with Gasteiger partial charge in [-0.1, -0.05) is 31.4 Å². The summed E-state index contributed by atoms with van der Waals surface area (Å²) in [6.07, 6.45) is 6.81. The van der Waals surface area contributed by atoms with Gasteiger partial charge in [-0.25, -0.2) is 4.39 Å². The largest absolute Gasteiger partial charge is 0.396 e. The van der Waals surface area contributed by atoms with Crippen LogP contribution in [0, 0.1) is 11.2 Å². The Balaban J connectivity index is 1.70. The Hall–Kier alpha value is -1.70. The molecule has 1 heterocycles. The average Bonchev–Trinajstić information content (AvgIpc) is 2.79. The molecule has 31 heavy (non-hydrogen) atoms. The van der Waals surface area contributed by atoms with Crippen LogP contribution in [0.15, 0.2) is 29.3 Å². The molecule has 1 saturated heterocycles. The van der Waals surface area contributed by atoms with Crippen molar-refractivity contribution in [1.29, 1.82) is 0 Å². The average molecular weight is 435 g/mol. The molecule has 7 heteroatoms. The van der Waals surface area contributed by atoms with Gasteiger partial charge in [0, 0.05) is 39.3 Å². The summed E-state index contributed by atoms with van der Waals surface area (Å²) < 4.78 is 19.5. The van der Waals surface area contributed by atoms with E-state index in [2.05, 4.69) is 22.5 Å². The number of ether oxygens (including phenoxy) is 1. The monoisotopic (exact) mass is 434 g/mol. The van der Waals surface area contributed by atoms with Crippen molar-refractivity contribution < 1.29 is 14.2 Å². The first-order valence-corrected chi connectivity index (χ1v) is 11.9. The predicted molar refractivity (Wildman–Crippen MR) is 123 cm³/mol. The summed E-state index contributed by atoms with van der Waals surface area (Å²) in [5, 5.41) is 16.5. The first-order valence-electron chi connectivity index (χ1n) is 11.9. The third-order valence-electron chi connectivity index (χ3n) is 6.66. The van der Waals surface area contributed by atoms with Crippen molar-refractivity contribution in [2.75, 3.05) is 52.5 Å². The van der Waals surface area contributed by atoms with Crippen LogP contribution in [0.1, 0.15) is 57.1 Å². The molecule has 0 amide bonds. The zero-order chi connectivity index (χ0) is 21.9. The maximum Gasteiger partial charge on any atom is 0.191 e. The Kier molecular flexibility index (Phi) is 9.55. The zero-order valence-electron chi connectivity index (χ0n) is 18.9. The Morgan fingerprint density at radius 3 is 2.68 bits per heavy atom. The Morgan fingerprint density at radius 2 is 2.00 bits per heavy atom. The zero-order valence-corrected chi connectivity index (χ0v) is 18.9. The van der Waals surface area contributed by atoms with Gasteiger partial charge in [-0.3, -0.25) is 9.89 Å². The summed E-state index contributed by atoms with van der Waals surface area (Å²) >= 11 is 0. The third kappa shape index (κ3) is 7.16. The number of guanidine groups is 1. The van der Waals surface area contributed by atoms with Crippen molar-refractivity contribution >= 4 is 5.96 Å². The highest BCUT2D eigenvalue weighted by Crippen LogP contribution is 2.39. The molecule has 1 aromatic carbocycles. The minimum Gasteiger partial charge on any atom is -0.396 e. The molecule has 1 atom stereocenters. The molecule has 1 aliphatic heterocycles. The number of hydrogen-bond acceptors (Lipinski definition) is 4. The fourth-order valence-electron chi connectivity index (χ4n) is 4.87. The van der Waals surface area contributed by atoms with Crippen LogP contribution < -0.4 is 10.6 Å². The number of benzene rings is 1. The summed E-state index contributed by atoms with van der Waals surface area (Å²) in [6, 6.07) is 6.93. The molecular formula is C24H39FN4O2. The molecule has 0 aromatic heterocycles. The maximum atomic E-state index is 13.9. The number of aliphatic imine (C=N–C) groups is 1. The molecule has 2 fully saturated rings. The molecule has 174 valence electrons. The molecule has 3 N–H and O–H groups in total. The van der Waals surface area contributed by atoms with E-state index in [0.29, 0.717) is 19.8 Å². The van der Waals surface area contributed by atoms with E-state index in [9.17, 15) is 9.50 Å². The van der Waals surface area contributed by atoms with E-state index in [-0.39, 0.29) is 23.9 Å². The van der Waals surface area contributed by atoms with Gasteiger partial charge in [0.15, 0.2) is 5.96 Å². The second-order valence-electron chi connectivity index (χ2n) is 8.83. The number of rotatable bonds is 9. The lowest BCUT2D eigenvalue weighted by Crippen LogP contribution is -2.46. The van der Waals surface area contributed by atoms with Crippen LogP contribution >= 0.6 is 0 Å². The molecule has 2 aliphatic rings. The van der Waals surface area contributed by atoms with Crippen molar-refractivity contribution in [2.24, 2.45) is 10.4 Å². The molecule has 1 unspecified atom stereocenters. The third-order valence-corrected chi connectivity index (χ3v) is 6.66. The van der Waals surface area contributed by atoms with Crippen LogP contribution in [0.5, 0.6) is 0 Å². The van der Waals surface area contributed by atoms with Crippen molar-refractivity contribution in [1.82, 2.24) is 15.5 Å². The van der Waals surface area contributed by atoms with Gasteiger partial charge in [-0.15, -0.1) is 0 Å². The fourth-order valence-corrected chi connectivity index (χ4v) is 4.87. The molecule has 1 saturated carbocycles. The SMILES string of the molecule is CCNC(=NCC1(CCO)CCCCC1)NCC(c1cccc(F)c1)N1CCOCC1. The summed E-state index contributed by atoms with van der Waals surface area (Å²) in [5.41, 5.74) is 1.08. The molecule has 6 nitrogen and oxygen atoms in total. The van der Waals surface area contributed by atoms with Crippen LogP contribution in [0.2, 0.25) is 0 Å². The van der Waals surface area contributed by atoms with Crippen molar-refractivity contribution in [3.63, 3.8) is 0 Å². The standard InChI is InChI=1S/C24H39FN4O2/c1-2-26-23(28-19-24(11-14-30)9-4-3-5-10-24)27-18-22(29-12-15-31-16-13-29)20-7-6-8-21(25)17-20/h6-8,17,22,30H,2-5,9-16,18-19H2,1H3,(H2,26,27,28). The smallest absolute Gasteiger partial charge is 0.191 e. The Labute approximate surface area is 186 Å². The van der Waals surface area contributed by atoms with Gasteiger partial charge in [0.25, 0.3) is 0 Å². The van der Waals surface area contributed by atoms with E-state index in [0.717, 1.165) is 57.0 Å².